The van der Waals surface area contributed by atoms with Gasteiger partial charge >= 0.3 is 0 Å². The molecule has 0 spiro atoms. The second-order valence-corrected chi connectivity index (χ2v) is 7.75. The van der Waals surface area contributed by atoms with E-state index >= 15 is 0 Å². The molecule has 1 aliphatic rings. The number of aromatic nitrogens is 2. The summed E-state index contributed by atoms with van der Waals surface area (Å²) in [5, 5.41) is 5.01. The van der Waals surface area contributed by atoms with Crippen LogP contribution in [-0.2, 0) is 0 Å². The maximum absolute atomic E-state index is 12.6. The van der Waals surface area contributed by atoms with Crippen molar-refractivity contribution >= 4 is 40.9 Å². The highest BCUT2D eigenvalue weighted by Crippen LogP contribution is 2.34. The van der Waals surface area contributed by atoms with Crippen LogP contribution >= 0.6 is 35.1 Å². The molecule has 2 unspecified atom stereocenters. The van der Waals surface area contributed by atoms with Crippen LogP contribution in [0.1, 0.15) is 37.3 Å². The van der Waals surface area contributed by atoms with Crippen LogP contribution in [0.2, 0.25) is 5.02 Å². The molecule has 2 heterocycles. The van der Waals surface area contributed by atoms with Crippen LogP contribution in [0.15, 0.2) is 6.20 Å². The van der Waals surface area contributed by atoms with E-state index in [0.29, 0.717) is 16.0 Å². The first-order valence-electron chi connectivity index (χ1n) is 6.02. The van der Waals surface area contributed by atoms with Gasteiger partial charge in [-0.3, -0.25) is 9.48 Å². The van der Waals surface area contributed by atoms with E-state index in [0.717, 1.165) is 11.5 Å². The number of halogens is 1. The van der Waals surface area contributed by atoms with Gasteiger partial charge in [0.25, 0.3) is 0 Å². The Kier molecular flexibility index (Phi) is 4.67. The Labute approximate surface area is 121 Å². The molecule has 1 fully saturated rings. The predicted octanol–water partition coefficient (Wildman–Crippen LogP) is 3.54. The molecule has 0 bridgehead atoms. The van der Waals surface area contributed by atoms with Crippen molar-refractivity contribution in [2.75, 3.05) is 11.5 Å². The summed E-state index contributed by atoms with van der Waals surface area (Å²) < 4.78 is 1.73. The number of ketones is 1. The van der Waals surface area contributed by atoms with Crippen molar-refractivity contribution in [2.24, 2.45) is 0 Å². The molecule has 1 aliphatic heterocycles. The number of nitrogens with zero attached hydrogens (tertiary/aromatic N) is 2. The zero-order valence-corrected chi connectivity index (χ0v) is 13.1. The highest BCUT2D eigenvalue weighted by atomic mass is 35.5. The lowest BCUT2D eigenvalue weighted by molar-refractivity contribution is 0.0977. The monoisotopic (exact) mass is 304 g/mol. The van der Waals surface area contributed by atoms with Crippen molar-refractivity contribution in [3.8, 4) is 0 Å². The van der Waals surface area contributed by atoms with Gasteiger partial charge in [0.1, 0.15) is 5.69 Å². The molecule has 18 heavy (non-hydrogen) atoms. The van der Waals surface area contributed by atoms with Gasteiger partial charge < -0.3 is 0 Å². The number of rotatable bonds is 3. The molecule has 6 heteroatoms. The van der Waals surface area contributed by atoms with Crippen LogP contribution in [0, 0.1) is 0 Å². The second kappa shape index (κ2) is 5.88. The summed E-state index contributed by atoms with van der Waals surface area (Å²) in [6, 6.07) is 0.146. The minimum absolute atomic E-state index is 0.00421. The third-order valence-corrected chi connectivity index (χ3v) is 6.29. The molecule has 2 rings (SSSR count). The third-order valence-electron chi connectivity index (χ3n) is 2.92. The maximum atomic E-state index is 12.6. The van der Waals surface area contributed by atoms with Crippen molar-refractivity contribution in [1.29, 1.82) is 0 Å². The Morgan fingerprint density at radius 1 is 1.50 bits per heavy atom. The first-order chi connectivity index (χ1) is 8.52. The van der Waals surface area contributed by atoms with E-state index in [-0.39, 0.29) is 17.1 Å². The molecule has 2 atom stereocenters. The van der Waals surface area contributed by atoms with E-state index < -0.39 is 0 Å². The van der Waals surface area contributed by atoms with E-state index in [1.807, 2.05) is 25.6 Å². The van der Waals surface area contributed by atoms with E-state index in [1.165, 1.54) is 0 Å². The Hall–Kier alpha value is -0.130. The largest absolute Gasteiger partial charge is 0.291 e. The Morgan fingerprint density at radius 2 is 2.17 bits per heavy atom. The molecular formula is C12H17ClN2OS2. The second-order valence-electron chi connectivity index (χ2n) is 4.61. The van der Waals surface area contributed by atoms with Gasteiger partial charge in [0, 0.05) is 22.8 Å². The van der Waals surface area contributed by atoms with Gasteiger partial charge in [0.15, 0.2) is 5.78 Å². The molecule has 3 nitrogen and oxygen atoms in total. The van der Waals surface area contributed by atoms with Crippen LogP contribution in [0.25, 0.3) is 0 Å². The van der Waals surface area contributed by atoms with Crippen LogP contribution in [0.5, 0.6) is 0 Å². The summed E-state index contributed by atoms with van der Waals surface area (Å²) in [6.07, 6.45) is 1.57. The van der Waals surface area contributed by atoms with Crippen molar-refractivity contribution in [3.05, 3.63) is 16.9 Å². The van der Waals surface area contributed by atoms with Gasteiger partial charge in [-0.25, -0.2) is 0 Å². The number of carbonyl (C=O) groups excluding carboxylic acids is 1. The summed E-state index contributed by atoms with van der Waals surface area (Å²) >= 11 is 9.72. The molecule has 0 aliphatic carbocycles. The van der Waals surface area contributed by atoms with Crippen LogP contribution in [0.4, 0.5) is 0 Å². The summed E-state index contributed by atoms with van der Waals surface area (Å²) in [7, 11) is 0. The molecule has 0 radical (unpaired) electrons. The first-order valence-corrected chi connectivity index (χ1v) is 8.50. The third kappa shape index (κ3) is 2.73. The Bertz CT molecular complexity index is 447. The lowest BCUT2D eigenvalue weighted by Gasteiger charge is -2.27. The zero-order valence-electron chi connectivity index (χ0n) is 10.7. The van der Waals surface area contributed by atoms with Crippen molar-refractivity contribution in [2.45, 2.75) is 37.3 Å². The van der Waals surface area contributed by atoms with E-state index in [9.17, 15) is 4.79 Å². The highest BCUT2D eigenvalue weighted by molar-refractivity contribution is 8.07. The SMILES string of the molecule is CC1SCCSC1C(=O)c1c(Cl)cnn1C(C)C. The topological polar surface area (TPSA) is 34.9 Å². The van der Waals surface area contributed by atoms with Gasteiger partial charge in [0.2, 0.25) is 0 Å². The van der Waals surface area contributed by atoms with Crippen molar-refractivity contribution in [1.82, 2.24) is 9.78 Å². The molecule has 1 saturated heterocycles. The number of thioether (sulfide) groups is 2. The molecule has 0 saturated carbocycles. The van der Waals surface area contributed by atoms with Gasteiger partial charge in [-0.15, -0.1) is 11.8 Å². The van der Waals surface area contributed by atoms with Gasteiger partial charge in [-0.05, 0) is 13.8 Å². The smallest absolute Gasteiger partial charge is 0.196 e. The quantitative estimate of drug-likeness (QED) is 0.800. The van der Waals surface area contributed by atoms with Gasteiger partial charge in [-0.2, -0.15) is 16.9 Å². The minimum Gasteiger partial charge on any atom is -0.291 e. The van der Waals surface area contributed by atoms with E-state index in [4.69, 9.17) is 11.6 Å². The fourth-order valence-corrected chi connectivity index (χ4v) is 4.94. The van der Waals surface area contributed by atoms with Gasteiger partial charge in [0.05, 0.1) is 16.5 Å². The summed E-state index contributed by atoms with van der Waals surface area (Å²) in [5.74, 6) is 2.27. The standard InChI is InChI=1S/C12H17ClN2OS2/c1-7(2)15-10(9(13)6-14-15)11(16)12-8(3)17-4-5-18-12/h6-8,12H,4-5H2,1-3H3. The lowest BCUT2D eigenvalue weighted by Crippen LogP contribution is -2.33. The fourth-order valence-electron chi connectivity index (χ4n) is 2.02. The minimum atomic E-state index is -0.00421. The van der Waals surface area contributed by atoms with Crippen molar-refractivity contribution in [3.63, 3.8) is 0 Å². The van der Waals surface area contributed by atoms with Crippen molar-refractivity contribution < 1.29 is 4.79 Å². The first kappa shape index (κ1) is 14.3. The van der Waals surface area contributed by atoms with Crippen LogP contribution < -0.4 is 0 Å². The number of carbonyl (C=O) groups is 1. The summed E-state index contributed by atoms with van der Waals surface area (Å²) in [6.45, 7) is 6.13. The average Bonchev–Trinajstić information content (AvgIpc) is 2.71. The molecule has 0 N–H and O–H groups in total. The molecule has 0 amide bonds. The average molecular weight is 305 g/mol. The lowest BCUT2D eigenvalue weighted by atomic mass is 10.1. The molecule has 0 aromatic carbocycles. The molecule has 1 aromatic rings. The highest BCUT2D eigenvalue weighted by Gasteiger charge is 2.33. The number of hydrogen-bond donors (Lipinski definition) is 0. The predicted molar refractivity (Wildman–Crippen MR) is 80.1 cm³/mol. The molecular weight excluding hydrogens is 288 g/mol. The van der Waals surface area contributed by atoms with Crippen LogP contribution in [0.3, 0.4) is 0 Å². The number of Topliss-reactive ketones (excluding diaryl/α,β-unsaturated/α-hetero) is 1. The molecule has 1 aromatic heterocycles. The summed E-state index contributed by atoms with van der Waals surface area (Å²) in [4.78, 5) is 12.6. The van der Waals surface area contributed by atoms with Crippen LogP contribution in [-0.4, -0.2) is 37.6 Å². The normalized spacial score (nSPS) is 24.5. The maximum Gasteiger partial charge on any atom is 0.196 e. The van der Waals surface area contributed by atoms with Gasteiger partial charge in [-0.1, -0.05) is 18.5 Å². The van der Waals surface area contributed by atoms with E-state index in [1.54, 1.807) is 22.6 Å². The Balaban J connectivity index is 2.30. The number of hydrogen-bond acceptors (Lipinski definition) is 4. The fraction of sp³-hybridized carbons (Fsp3) is 0.667. The van der Waals surface area contributed by atoms with E-state index in [2.05, 4.69) is 12.0 Å². The Morgan fingerprint density at radius 3 is 2.78 bits per heavy atom. The molecule has 100 valence electrons. The summed E-state index contributed by atoms with van der Waals surface area (Å²) in [5.41, 5.74) is 0.568. The zero-order chi connectivity index (χ0) is 13.3.